The van der Waals surface area contributed by atoms with E-state index in [0.29, 0.717) is 18.8 Å². The Labute approximate surface area is 124 Å². The third-order valence-electron chi connectivity index (χ3n) is 4.15. The average molecular weight is 316 g/mol. The Bertz CT molecular complexity index is 611. The highest BCUT2D eigenvalue weighted by molar-refractivity contribution is 7.89. The van der Waals surface area contributed by atoms with Crippen LogP contribution in [0.25, 0.3) is 0 Å². The summed E-state index contributed by atoms with van der Waals surface area (Å²) in [4.78, 5) is -0.283. The summed E-state index contributed by atoms with van der Waals surface area (Å²) in [6.07, 6.45) is 2.78. The molecule has 0 spiro atoms. The maximum absolute atomic E-state index is 13.3. The van der Waals surface area contributed by atoms with Crippen molar-refractivity contribution < 1.29 is 17.9 Å². The van der Waals surface area contributed by atoms with Crippen LogP contribution in [0.1, 0.15) is 32.6 Å². The number of anilines is 1. The number of aliphatic hydroxyl groups excluding tert-OH is 1. The zero-order valence-electron chi connectivity index (χ0n) is 12.0. The molecule has 118 valence electrons. The molecule has 21 heavy (non-hydrogen) atoms. The van der Waals surface area contributed by atoms with Crippen molar-refractivity contribution in [3.8, 4) is 0 Å². The topological polar surface area (TPSA) is 92.4 Å². The van der Waals surface area contributed by atoms with Crippen LogP contribution in [0.5, 0.6) is 0 Å². The minimum absolute atomic E-state index is 0.0128. The molecule has 0 aromatic heterocycles. The molecule has 0 saturated heterocycles. The maximum Gasteiger partial charge on any atom is 0.243 e. The molecular formula is C14H21FN2O3S. The number of nitrogen functional groups attached to an aromatic ring is 1. The first-order chi connectivity index (χ1) is 9.78. The highest BCUT2D eigenvalue weighted by Gasteiger charge is 2.38. The van der Waals surface area contributed by atoms with Crippen molar-refractivity contribution in [3.05, 3.63) is 24.0 Å². The lowest BCUT2D eigenvalue weighted by Gasteiger charge is -2.38. The highest BCUT2D eigenvalue weighted by Crippen LogP contribution is 2.33. The second kappa shape index (κ2) is 5.90. The first kappa shape index (κ1) is 16.2. The molecule has 1 saturated carbocycles. The van der Waals surface area contributed by atoms with Gasteiger partial charge >= 0.3 is 0 Å². The molecule has 1 fully saturated rings. The van der Waals surface area contributed by atoms with Crippen molar-refractivity contribution in [1.29, 1.82) is 0 Å². The molecule has 0 unspecified atom stereocenters. The maximum atomic E-state index is 13.3. The smallest absolute Gasteiger partial charge is 0.243 e. The molecule has 2 rings (SSSR count). The van der Waals surface area contributed by atoms with Gasteiger partial charge in [0.1, 0.15) is 10.7 Å². The van der Waals surface area contributed by atoms with Crippen molar-refractivity contribution in [2.45, 2.75) is 43.0 Å². The zero-order valence-corrected chi connectivity index (χ0v) is 12.8. The lowest BCUT2D eigenvalue weighted by atomic mass is 9.78. The molecule has 1 aromatic carbocycles. The van der Waals surface area contributed by atoms with E-state index in [1.54, 1.807) is 0 Å². The first-order valence-electron chi connectivity index (χ1n) is 6.98. The van der Waals surface area contributed by atoms with E-state index in [0.717, 1.165) is 25.0 Å². The van der Waals surface area contributed by atoms with Gasteiger partial charge in [-0.2, -0.15) is 0 Å². The lowest BCUT2D eigenvalue weighted by Crippen LogP contribution is -2.53. The van der Waals surface area contributed by atoms with Crippen LogP contribution in [0.2, 0.25) is 0 Å². The van der Waals surface area contributed by atoms with E-state index >= 15 is 0 Å². The van der Waals surface area contributed by atoms with Gasteiger partial charge in [-0.1, -0.05) is 6.92 Å². The summed E-state index contributed by atoms with van der Waals surface area (Å²) in [6, 6.07) is 3.23. The fraction of sp³-hybridized carbons (Fsp3) is 0.571. The van der Waals surface area contributed by atoms with Crippen LogP contribution in [-0.4, -0.2) is 25.7 Å². The molecule has 0 aliphatic heterocycles. The Morgan fingerprint density at radius 1 is 1.43 bits per heavy atom. The van der Waals surface area contributed by atoms with E-state index < -0.39 is 21.4 Å². The van der Waals surface area contributed by atoms with Crippen LogP contribution < -0.4 is 10.5 Å². The molecule has 1 aliphatic rings. The van der Waals surface area contributed by atoms with Gasteiger partial charge in [-0.15, -0.1) is 0 Å². The number of rotatable bonds is 4. The normalized spacial score (nSPS) is 26.7. The fourth-order valence-corrected chi connectivity index (χ4v) is 4.28. The number of aliphatic hydroxyl groups is 1. The largest absolute Gasteiger partial charge is 0.398 e. The molecule has 0 radical (unpaired) electrons. The predicted octanol–water partition coefficient (Wildman–Crippen LogP) is 1.63. The number of sulfonamides is 1. The highest BCUT2D eigenvalue weighted by atomic mass is 32.2. The molecule has 5 nitrogen and oxygen atoms in total. The van der Waals surface area contributed by atoms with Gasteiger partial charge in [-0.05, 0) is 49.8 Å². The van der Waals surface area contributed by atoms with Crippen molar-refractivity contribution >= 4 is 15.7 Å². The van der Waals surface area contributed by atoms with Crippen LogP contribution in [-0.2, 0) is 10.0 Å². The molecule has 0 heterocycles. The summed E-state index contributed by atoms with van der Waals surface area (Å²) in [5, 5.41) is 9.63. The number of halogens is 1. The van der Waals surface area contributed by atoms with Crippen molar-refractivity contribution in [3.63, 3.8) is 0 Å². The quantitative estimate of drug-likeness (QED) is 0.736. The predicted molar refractivity (Wildman–Crippen MR) is 78.6 cm³/mol. The molecule has 1 aliphatic carbocycles. The van der Waals surface area contributed by atoms with Crippen molar-refractivity contribution in [2.75, 3.05) is 12.3 Å². The molecule has 0 bridgehead atoms. The summed E-state index contributed by atoms with van der Waals surface area (Å²) in [5.74, 6) is -0.159. The average Bonchev–Trinajstić information content (AvgIpc) is 2.44. The number of benzene rings is 1. The third kappa shape index (κ3) is 3.53. The second-order valence-corrected chi connectivity index (χ2v) is 7.56. The summed E-state index contributed by atoms with van der Waals surface area (Å²) in [5.41, 5.74) is 4.74. The van der Waals surface area contributed by atoms with Gasteiger partial charge in [-0.3, -0.25) is 0 Å². The standard InChI is InChI=1S/C14H21FN2O3S/c1-10-4-6-14(9-18,7-5-10)17-21(19,20)13-8-11(15)2-3-12(13)16/h2-3,8,10,17-18H,4-7,9,16H2,1H3. The minimum Gasteiger partial charge on any atom is -0.398 e. The first-order valence-corrected chi connectivity index (χ1v) is 8.46. The third-order valence-corrected chi connectivity index (χ3v) is 5.78. The van der Waals surface area contributed by atoms with E-state index in [9.17, 15) is 17.9 Å². The van der Waals surface area contributed by atoms with E-state index in [2.05, 4.69) is 11.6 Å². The Morgan fingerprint density at radius 2 is 2.05 bits per heavy atom. The summed E-state index contributed by atoms with van der Waals surface area (Å²) in [6.45, 7) is 1.81. The number of nitrogens with one attached hydrogen (secondary N) is 1. The zero-order chi connectivity index (χ0) is 15.7. The summed E-state index contributed by atoms with van der Waals surface area (Å²) >= 11 is 0. The van der Waals surface area contributed by atoms with Gasteiger partial charge in [0, 0.05) is 0 Å². The Morgan fingerprint density at radius 3 is 2.62 bits per heavy atom. The molecule has 1 aromatic rings. The van der Waals surface area contributed by atoms with Gasteiger partial charge in [0.2, 0.25) is 10.0 Å². The van der Waals surface area contributed by atoms with Gasteiger partial charge in [-0.25, -0.2) is 17.5 Å². The second-order valence-electron chi connectivity index (χ2n) is 5.91. The van der Waals surface area contributed by atoms with Crippen LogP contribution in [0, 0.1) is 11.7 Å². The molecular weight excluding hydrogens is 295 g/mol. The van der Waals surface area contributed by atoms with E-state index in [1.165, 1.54) is 6.07 Å². The fourth-order valence-electron chi connectivity index (χ4n) is 2.69. The number of nitrogens with two attached hydrogens (primary N) is 1. The molecule has 4 N–H and O–H groups in total. The summed E-state index contributed by atoms with van der Waals surface area (Å²) < 4.78 is 40.7. The van der Waals surface area contributed by atoms with Crippen molar-refractivity contribution in [1.82, 2.24) is 4.72 Å². The molecule has 0 amide bonds. The van der Waals surface area contributed by atoms with Crippen LogP contribution in [0.15, 0.2) is 23.1 Å². The monoisotopic (exact) mass is 316 g/mol. The van der Waals surface area contributed by atoms with Crippen LogP contribution >= 0.6 is 0 Å². The van der Waals surface area contributed by atoms with Gasteiger partial charge in [0.05, 0.1) is 17.8 Å². The molecule has 7 heteroatoms. The van der Waals surface area contributed by atoms with Crippen LogP contribution in [0.4, 0.5) is 10.1 Å². The van der Waals surface area contributed by atoms with Crippen LogP contribution in [0.3, 0.4) is 0 Å². The van der Waals surface area contributed by atoms with E-state index in [-0.39, 0.29) is 17.2 Å². The Kier molecular flexibility index (Phi) is 4.55. The number of hydrogen-bond acceptors (Lipinski definition) is 4. The number of hydrogen-bond donors (Lipinski definition) is 3. The SMILES string of the molecule is CC1CCC(CO)(NS(=O)(=O)c2cc(F)ccc2N)CC1. The Hall–Kier alpha value is -1.18. The Balaban J connectivity index is 2.29. The summed E-state index contributed by atoms with van der Waals surface area (Å²) in [7, 11) is -3.98. The lowest BCUT2D eigenvalue weighted by molar-refractivity contribution is 0.125. The van der Waals surface area contributed by atoms with E-state index in [4.69, 9.17) is 5.73 Å². The molecule has 0 atom stereocenters. The van der Waals surface area contributed by atoms with Gasteiger partial charge in [0.15, 0.2) is 0 Å². The van der Waals surface area contributed by atoms with E-state index in [1.807, 2.05) is 0 Å². The van der Waals surface area contributed by atoms with Crippen molar-refractivity contribution in [2.24, 2.45) is 5.92 Å². The van der Waals surface area contributed by atoms with Gasteiger partial charge in [0.25, 0.3) is 0 Å². The van der Waals surface area contributed by atoms with Gasteiger partial charge < -0.3 is 10.8 Å². The minimum atomic E-state index is -3.98.